The second kappa shape index (κ2) is 9.12. The summed E-state index contributed by atoms with van der Waals surface area (Å²) in [7, 11) is -2.43. The number of carbonyl (C=O) groups is 1. The summed E-state index contributed by atoms with van der Waals surface area (Å²) in [6, 6.07) is 10.1. The molecule has 3 aromatic rings. The minimum absolute atomic E-state index is 0.437. The summed E-state index contributed by atoms with van der Waals surface area (Å²) in [5.74, 6) is -0.667. The highest BCUT2D eigenvalue weighted by Gasteiger charge is 2.31. The van der Waals surface area contributed by atoms with Crippen LogP contribution in [0.15, 0.2) is 75.9 Å². The van der Waals surface area contributed by atoms with E-state index in [9.17, 15) is 26.4 Å². The molecule has 0 unspecified atom stereocenters. The van der Waals surface area contributed by atoms with Crippen LogP contribution in [0.25, 0.3) is 0 Å². The number of carbonyl (C=O) groups excluding carboxylic acids is 1. The van der Waals surface area contributed by atoms with E-state index in [0.29, 0.717) is 11.8 Å². The van der Waals surface area contributed by atoms with Crippen molar-refractivity contribution in [2.24, 2.45) is 7.05 Å². The Balaban J connectivity index is 1.58. The third-order valence-electron chi connectivity index (χ3n) is 4.02. The van der Waals surface area contributed by atoms with Crippen LogP contribution in [0.3, 0.4) is 0 Å². The van der Waals surface area contributed by atoms with Gasteiger partial charge < -0.3 is 9.88 Å². The van der Waals surface area contributed by atoms with E-state index in [1.165, 1.54) is 11.8 Å². The Morgan fingerprint density at radius 2 is 1.87 bits per heavy atom. The number of nitrogens with one attached hydrogen (secondary N) is 2. The summed E-state index contributed by atoms with van der Waals surface area (Å²) >= 11 is 1.43. The van der Waals surface area contributed by atoms with Gasteiger partial charge in [0.15, 0.2) is 5.16 Å². The van der Waals surface area contributed by atoms with Gasteiger partial charge in [-0.05, 0) is 42.5 Å². The predicted octanol–water partition coefficient (Wildman–Crippen LogP) is 3.51. The van der Waals surface area contributed by atoms with E-state index in [4.69, 9.17) is 0 Å². The molecule has 1 amide bonds. The SMILES string of the molecule is Cn1ccnc1Sc1ccc(NC(=O)CNS(=O)(=O)c2cccc(C(F)(F)F)c2)cc1. The number of benzene rings is 2. The Bertz CT molecular complexity index is 1180. The van der Waals surface area contributed by atoms with Crippen LogP contribution in [0, 0.1) is 0 Å². The molecule has 3 rings (SSSR count). The van der Waals surface area contributed by atoms with Crippen LogP contribution in [-0.4, -0.2) is 30.4 Å². The summed E-state index contributed by atoms with van der Waals surface area (Å²) in [5, 5.41) is 3.32. The normalized spacial score (nSPS) is 12.0. The standard InChI is InChI=1S/C19H17F3N4O3S2/c1-26-10-9-23-18(26)30-15-7-5-14(6-8-15)25-17(27)12-24-31(28,29)16-4-2-3-13(11-16)19(20,21)22/h2-11,24H,12H2,1H3,(H,25,27). The van der Waals surface area contributed by atoms with Crippen molar-refractivity contribution in [1.82, 2.24) is 14.3 Å². The maximum absolute atomic E-state index is 12.8. The number of aryl methyl sites for hydroxylation is 1. The zero-order chi connectivity index (χ0) is 22.6. The number of amides is 1. The summed E-state index contributed by atoms with van der Waals surface area (Å²) in [4.78, 5) is 16.6. The number of anilines is 1. The Morgan fingerprint density at radius 3 is 2.48 bits per heavy atom. The smallest absolute Gasteiger partial charge is 0.329 e. The average Bonchev–Trinajstić information content (AvgIpc) is 3.12. The first-order valence-corrected chi connectivity index (χ1v) is 11.1. The average molecular weight is 470 g/mol. The van der Waals surface area contributed by atoms with Gasteiger partial charge in [0.05, 0.1) is 17.0 Å². The number of aromatic nitrogens is 2. The largest absolute Gasteiger partial charge is 0.416 e. The minimum Gasteiger partial charge on any atom is -0.329 e. The predicted molar refractivity (Wildman–Crippen MR) is 109 cm³/mol. The lowest BCUT2D eigenvalue weighted by atomic mass is 10.2. The topological polar surface area (TPSA) is 93.1 Å². The summed E-state index contributed by atoms with van der Waals surface area (Å²) in [5.41, 5.74) is -0.657. The van der Waals surface area contributed by atoms with E-state index in [2.05, 4.69) is 10.3 Å². The van der Waals surface area contributed by atoms with E-state index >= 15 is 0 Å². The molecular weight excluding hydrogens is 453 g/mol. The number of nitrogens with zero attached hydrogens (tertiary/aromatic N) is 2. The Kier molecular flexibility index (Phi) is 6.72. The van der Waals surface area contributed by atoms with Gasteiger partial charge in [-0.1, -0.05) is 17.8 Å². The number of sulfonamides is 1. The molecule has 0 saturated carbocycles. The van der Waals surface area contributed by atoms with E-state index in [1.54, 1.807) is 30.5 Å². The van der Waals surface area contributed by atoms with Gasteiger partial charge in [0.25, 0.3) is 0 Å². The van der Waals surface area contributed by atoms with Crippen LogP contribution in [-0.2, 0) is 28.0 Å². The van der Waals surface area contributed by atoms with Crippen LogP contribution in [0.4, 0.5) is 18.9 Å². The molecule has 0 aliphatic rings. The fourth-order valence-electron chi connectivity index (χ4n) is 2.45. The zero-order valence-electron chi connectivity index (χ0n) is 16.1. The monoisotopic (exact) mass is 470 g/mol. The van der Waals surface area contributed by atoms with Crippen molar-refractivity contribution >= 4 is 33.4 Å². The molecule has 1 aromatic heterocycles. The number of hydrogen-bond acceptors (Lipinski definition) is 5. The molecule has 0 fully saturated rings. The fourth-order valence-corrected chi connectivity index (χ4v) is 4.28. The Morgan fingerprint density at radius 1 is 1.16 bits per heavy atom. The van der Waals surface area contributed by atoms with Crippen molar-refractivity contribution in [3.63, 3.8) is 0 Å². The van der Waals surface area contributed by atoms with Gasteiger partial charge in [-0.25, -0.2) is 18.1 Å². The number of hydrogen-bond donors (Lipinski definition) is 2. The molecular formula is C19H17F3N4O3S2. The van der Waals surface area contributed by atoms with Crippen molar-refractivity contribution in [2.45, 2.75) is 21.1 Å². The first-order chi connectivity index (χ1) is 14.5. The van der Waals surface area contributed by atoms with Crippen molar-refractivity contribution in [3.05, 3.63) is 66.5 Å². The molecule has 7 nitrogen and oxygen atoms in total. The molecule has 0 radical (unpaired) electrons. The molecule has 164 valence electrons. The molecule has 12 heteroatoms. The maximum atomic E-state index is 12.8. The van der Waals surface area contributed by atoms with Gasteiger partial charge >= 0.3 is 6.18 Å². The second-order valence-corrected chi connectivity index (χ2v) is 9.15. The first-order valence-electron chi connectivity index (χ1n) is 8.76. The van der Waals surface area contributed by atoms with E-state index in [1.807, 2.05) is 22.5 Å². The number of halogens is 3. The zero-order valence-corrected chi connectivity index (χ0v) is 17.7. The highest BCUT2D eigenvalue weighted by atomic mass is 32.2. The maximum Gasteiger partial charge on any atom is 0.416 e. The van der Waals surface area contributed by atoms with Crippen LogP contribution in [0.2, 0.25) is 0 Å². The highest BCUT2D eigenvalue weighted by Crippen LogP contribution is 2.30. The van der Waals surface area contributed by atoms with Crippen molar-refractivity contribution in [1.29, 1.82) is 0 Å². The summed E-state index contributed by atoms with van der Waals surface area (Å²) in [6.45, 7) is -0.637. The molecule has 0 aliphatic carbocycles. The lowest BCUT2D eigenvalue weighted by molar-refractivity contribution is -0.137. The van der Waals surface area contributed by atoms with Crippen molar-refractivity contribution < 1.29 is 26.4 Å². The van der Waals surface area contributed by atoms with Crippen LogP contribution in [0.1, 0.15) is 5.56 Å². The third-order valence-corrected chi connectivity index (χ3v) is 6.50. The minimum atomic E-state index is -4.68. The number of alkyl halides is 3. The lowest BCUT2D eigenvalue weighted by Crippen LogP contribution is -2.33. The van der Waals surface area contributed by atoms with E-state index < -0.39 is 39.1 Å². The molecule has 0 bridgehead atoms. The molecule has 0 spiro atoms. The third kappa shape index (κ3) is 6.09. The number of imidazole rings is 1. The lowest BCUT2D eigenvalue weighted by Gasteiger charge is -2.11. The molecule has 31 heavy (non-hydrogen) atoms. The highest BCUT2D eigenvalue weighted by molar-refractivity contribution is 7.99. The molecule has 0 atom stereocenters. The Hall–Kier alpha value is -2.83. The number of rotatable bonds is 7. The van der Waals surface area contributed by atoms with Crippen LogP contribution < -0.4 is 10.0 Å². The first kappa shape index (κ1) is 22.8. The van der Waals surface area contributed by atoms with Gasteiger partial charge in [-0.15, -0.1) is 0 Å². The van der Waals surface area contributed by atoms with Crippen molar-refractivity contribution in [2.75, 3.05) is 11.9 Å². The van der Waals surface area contributed by atoms with Gasteiger partial charge in [0.1, 0.15) is 0 Å². The van der Waals surface area contributed by atoms with E-state index in [0.717, 1.165) is 28.3 Å². The Labute approximate surface area is 180 Å². The molecule has 0 aliphatic heterocycles. The van der Waals surface area contributed by atoms with E-state index in [-0.39, 0.29) is 0 Å². The molecule has 2 aromatic carbocycles. The molecule has 2 N–H and O–H groups in total. The summed E-state index contributed by atoms with van der Waals surface area (Å²) < 4.78 is 66.6. The fraction of sp³-hybridized carbons (Fsp3) is 0.158. The van der Waals surface area contributed by atoms with Gasteiger partial charge in [-0.2, -0.15) is 13.2 Å². The second-order valence-electron chi connectivity index (χ2n) is 6.35. The molecule has 0 saturated heterocycles. The van der Waals surface area contributed by atoms with Gasteiger partial charge in [0.2, 0.25) is 15.9 Å². The van der Waals surface area contributed by atoms with Gasteiger partial charge in [0, 0.05) is 30.0 Å². The van der Waals surface area contributed by atoms with Crippen LogP contribution >= 0.6 is 11.8 Å². The van der Waals surface area contributed by atoms with Crippen molar-refractivity contribution in [3.8, 4) is 0 Å². The van der Waals surface area contributed by atoms with Crippen LogP contribution in [0.5, 0.6) is 0 Å². The summed E-state index contributed by atoms with van der Waals surface area (Å²) in [6.07, 6.45) is -1.18. The van der Waals surface area contributed by atoms with Gasteiger partial charge in [-0.3, -0.25) is 4.79 Å². The molecule has 1 heterocycles. The quantitative estimate of drug-likeness (QED) is 0.551.